The van der Waals surface area contributed by atoms with E-state index in [1.54, 1.807) is 54.6 Å². The number of aliphatic carboxylic acids is 1. The highest BCUT2D eigenvalue weighted by Gasteiger charge is 2.53. The van der Waals surface area contributed by atoms with E-state index in [1.165, 1.54) is 23.1 Å². The third-order valence-electron chi connectivity index (χ3n) is 8.21. The molecule has 1 amide bonds. The Morgan fingerprint density at radius 2 is 1.67 bits per heavy atom. The van der Waals surface area contributed by atoms with E-state index in [-0.39, 0.29) is 18.2 Å². The van der Waals surface area contributed by atoms with Crippen molar-refractivity contribution in [1.82, 2.24) is 4.90 Å². The molecule has 4 atom stereocenters. The third-order valence-corrected chi connectivity index (χ3v) is 11.0. The lowest BCUT2D eigenvalue weighted by Gasteiger charge is -2.48. The van der Waals surface area contributed by atoms with Gasteiger partial charge in [-0.1, -0.05) is 59.6 Å². The van der Waals surface area contributed by atoms with E-state index in [1.807, 2.05) is 0 Å². The Labute approximate surface area is 259 Å². The highest BCUT2D eigenvalue weighted by molar-refractivity contribution is 7.93. The van der Waals surface area contributed by atoms with Crippen LogP contribution in [0.25, 0.3) is 0 Å². The molecule has 43 heavy (non-hydrogen) atoms. The predicted molar refractivity (Wildman–Crippen MR) is 160 cm³/mol. The monoisotopic (exact) mass is 646 g/mol. The minimum atomic E-state index is -3.98. The minimum Gasteiger partial charge on any atom is -0.479 e. The number of carbonyl (C=O) groups is 2. The molecule has 12 heteroatoms. The molecule has 226 valence electrons. The first-order valence-corrected chi connectivity index (χ1v) is 16.3. The lowest BCUT2D eigenvalue weighted by molar-refractivity contribution is -0.190. The molecule has 1 heterocycles. The maximum absolute atomic E-state index is 15.2. The molecular weight excluding hydrogens is 618 g/mol. The van der Waals surface area contributed by atoms with Crippen LogP contribution in [-0.2, 0) is 24.3 Å². The van der Waals surface area contributed by atoms with Crippen molar-refractivity contribution in [2.24, 2.45) is 5.92 Å². The van der Waals surface area contributed by atoms with E-state index >= 15 is 4.39 Å². The van der Waals surface area contributed by atoms with Crippen LogP contribution in [0.4, 0.5) is 10.1 Å². The zero-order valence-corrected chi connectivity index (χ0v) is 25.2. The molecule has 0 spiro atoms. The number of carboxylic acid groups (broad SMARTS) is 1. The Morgan fingerprint density at radius 1 is 0.977 bits per heavy atom. The molecule has 6 rings (SSSR count). The number of para-hydroxylation sites is 1. The van der Waals surface area contributed by atoms with Gasteiger partial charge in [-0.05, 0) is 79.1 Å². The summed E-state index contributed by atoms with van der Waals surface area (Å²) in [4.78, 5) is 28.0. The van der Waals surface area contributed by atoms with Crippen molar-refractivity contribution < 1.29 is 32.2 Å². The van der Waals surface area contributed by atoms with Crippen molar-refractivity contribution >= 4 is 50.8 Å². The van der Waals surface area contributed by atoms with Gasteiger partial charge in [0.2, 0.25) is 16.1 Å². The topological polar surface area (TPSA) is 104 Å². The van der Waals surface area contributed by atoms with Crippen LogP contribution in [-0.4, -0.2) is 54.2 Å². The van der Waals surface area contributed by atoms with Gasteiger partial charge in [-0.2, -0.15) is 0 Å². The Kier molecular flexibility index (Phi) is 8.14. The molecule has 8 nitrogen and oxygen atoms in total. The zero-order chi connectivity index (χ0) is 30.5. The molecule has 1 aliphatic heterocycles. The Balaban J connectivity index is 1.51. The third kappa shape index (κ3) is 5.98. The highest BCUT2D eigenvalue weighted by atomic mass is 35.5. The van der Waals surface area contributed by atoms with Crippen LogP contribution in [0.5, 0.6) is 0 Å². The van der Waals surface area contributed by atoms with E-state index < -0.39 is 57.3 Å². The van der Waals surface area contributed by atoms with Gasteiger partial charge in [0.05, 0.1) is 29.6 Å². The van der Waals surface area contributed by atoms with E-state index in [2.05, 4.69) is 0 Å². The Hall–Kier alpha value is -3.18. The molecule has 3 aromatic carbocycles. The van der Waals surface area contributed by atoms with E-state index in [9.17, 15) is 23.1 Å². The fourth-order valence-electron chi connectivity index (χ4n) is 5.83. The average Bonchev–Trinajstić information content (AvgIpc) is 3.88. The summed E-state index contributed by atoms with van der Waals surface area (Å²) in [7, 11) is -3.98. The van der Waals surface area contributed by atoms with Gasteiger partial charge in [-0.25, -0.2) is 17.6 Å². The van der Waals surface area contributed by atoms with Crippen LogP contribution in [0.1, 0.15) is 49.0 Å². The van der Waals surface area contributed by atoms with Gasteiger partial charge in [0.15, 0.2) is 0 Å². The van der Waals surface area contributed by atoms with Crippen molar-refractivity contribution in [3.05, 3.63) is 99.8 Å². The molecule has 1 saturated heterocycles. The number of hydrogen-bond acceptors (Lipinski definition) is 5. The normalized spacial score (nSPS) is 23.2. The number of rotatable bonds is 10. The molecule has 3 unspecified atom stereocenters. The summed E-state index contributed by atoms with van der Waals surface area (Å²) in [5.41, 5.74) is 1.05. The molecule has 2 saturated carbocycles. The number of ether oxygens (including phenoxy) is 1. The van der Waals surface area contributed by atoms with Crippen molar-refractivity contribution in [2.45, 2.75) is 55.2 Å². The lowest BCUT2D eigenvalue weighted by Crippen LogP contribution is -2.60. The number of anilines is 1. The summed E-state index contributed by atoms with van der Waals surface area (Å²) in [6, 6.07) is 17.5. The minimum absolute atomic E-state index is 0.107. The van der Waals surface area contributed by atoms with Gasteiger partial charge in [0.1, 0.15) is 11.9 Å². The second-order valence-corrected chi connectivity index (χ2v) is 14.2. The molecule has 2 aliphatic carbocycles. The van der Waals surface area contributed by atoms with Crippen molar-refractivity contribution in [2.75, 3.05) is 10.8 Å². The van der Waals surface area contributed by atoms with E-state index in [0.29, 0.717) is 46.9 Å². The first-order chi connectivity index (χ1) is 20.6. The van der Waals surface area contributed by atoms with Gasteiger partial charge >= 0.3 is 5.97 Å². The number of amides is 1. The number of halogens is 3. The van der Waals surface area contributed by atoms with E-state index in [0.717, 1.165) is 4.31 Å². The maximum Gasteiger partial charge on any atom is 0.342 e. The number of morpholine rings is 1. The van der Waals surface area contributed by atoms with E-state index in [4.69, 9.17) is 27.9 Å². The van der Waals surface area contributed by atoms with Gasteiger partial charge in [-0.15, -0.1) is 0 Å². The first kappa shape index (κ1) is 29.9. The van der Waals surface area contributed by atoms with Crippen LogP contribution >= 0.6 is 23.2 Å². The SMILES string of the molecule is O=C(O)C1OC(c2cccc(Cl)c2)C(c2ccc(Cl)cc2)N([C@H](CN(c2ccccc2F)S(=O)(=O)C2CC2)C2CC2)C1=O. The summed E-state index contributed by atoms with van der Waals surface area (Å²) < 4.78 is 49.9. The van der Waals surface area contributed by atoms with Crippen molar-refractivity contribution in [3.8, 4) is 0 Å². The largest absolute Gasteiger partial charge is 0.479 e. The van der Waals surface area contributed by atoms with Crippen LogP contribution in [0.15, 0.2) is 72.8 Å². The second-order valence-electron chi connectivity index (χ2n) is 11.2. The average molecular weight is 648 g/mol. The van der Waals surface area contributed by atoms with Crippen molar-refractivity contribution in [1.29, 1.82) is 0 Å². The zero-order valence-electron chi connectivity index (χ0n) is 22.9. The molecule has 1 N–H and O–H groups in total. The first-order valence-electron chi connectivity index (χ1n) is 14.0. The van der Waals surface area contributed by atoms with Gasteiger partial charge in [0.25, 0.3) is 5.91 Å². The summed E-state index contributed by atoms with van der Waals surface area (Å²) >= 11 is 12.5. The smallest absolute Gasteiger partial charge is 0.342 e. The molecule has 0 radical (unpaired) electrons. The number of sulfonamides is 1. The number of benzene rings is 3. The fraction of sp³-hybridized carbons (Fsp3) is 0.355. The highest BCUT2D eigenvalue weighted by Crippen LogP contribution is 2.48. The summed E-state index contributed by atoms with van der Waals surface area (Å²) in [6.45, 7) is -0.241. The summed E-state index contributed by atoms with van der Waals surface area (Å²) in [6.07, 6.45) is -0.516. The summed E-state index contributed by atoms with van der Waals surface area (Å²) in [5.74, 6) is -3.12. The van der Waals surface area contributed by atoms with Crippen LogP contribution in [0.2, 0.25) is 10.0 Å². The van der Waals surface area contributed by atoms with Crippen molar-refractivity contribution in [3.63, 3.8) is 0 Å². The fourth-order valence-corrected chi connectivity index (χ4v) is 8.02. The van der Waals surface area contributed by atoms with Crippen LogP contribution in [0.3, 0.4) is 0 Å². The molecule has 0 bridgehead atoms. The quantitative estimate of drug-likeness (QED) is 0.271. The Bertz CT molecular complexity index is 1650. The van der Waals surface area contributed by atoms with Crippen LogP contribution in [0, 0.1) is 11.7 Å². The molecule has 0 aromatic heterocycles. The van der Waals surface area contributed by atoms with Crippen LogP contribution < -0.4 is 4.31 Å². The number of carbonyl (C=O) groups excluding carboxylic acids is 1. The standard InChI is InChI=1S/C31H29Cl2FN2O6S/c32-21-12-10-19(11-13-21)27-28(20-4-3-5-22(33)16-20)42-29(31(38)39)30(37)36(27)26(18-8-9-18)17-35(43(40,41)23-14-15-23)25-7-2-1-6-24(25)34/h1-7,10-13,16,18,23,26-29H,8-9,14-15,17H2,(H,38,39)/t26-,27?,28?,29?/m1/s1. The Morgan fingerprint density at radius 3 is 2.28 bits per heavy atom. The molecule has 3 aromatic rings. The second kappa shape index (κ2) is 11.7. The molecule has 3 fully saturated rings. The summed E-state index contributed by atoms with van der Waals surface area (Å²) in [5, 5.41) is 10.3. The van der Waals surface area contributed by atoms with Gasteiger partial charge < -0.3 is 14.7 Å². The molecule has 3 aliphatic rings. The lowest BCUT2D eigenvalue weighted by atomic mass is 9.89. The number of hydrogen-bond donors (Lipinski definition) is 1. The van der Waals surface area contributed by atoms with Gasteiger partial charge in [0, 0.05) is 10.0 Å². The predicted octanol–water partition coefficient (Wildman–Crippen LogP) is 6.00. The van der Waals surface area contributed by atoms with Gasteiger partial charge in [-0.3, -0.25) is 9.10 Å². The maximum atomic E-state index is 15.2. The number of carboxylic acids is 1. The number of nitrogens with zero attached hydrogens (tertiary/aromatic N) is 2. The molecular formula is C31H29Cl2FN2O6S.